The Bertz CT molecular complexity index is 2140. The molecule has 2 aliphatic rings. The van der Waals surface area contributed by atoms with Crippen LogP contribution >= 0.6 is 0 Å². The van der Waals surface area contributed by atoms with Crippen LogP contribution in [0.1, 0.15) is 78.8 Å². The molecule has 2 aliphatic heterocycles. The van der Waals surface area contributed by atoms with Gasteiger partial charge < -0.3 is 9.47 Å². The van der Waals surface area contributed by atoms with Gasteiger partial charge in [-0.05, 0) is 80.6 Å². The molecule has 0 fully saturated rings. The summed E-state index contributed by atoms with van der Waals surface area (Å²) < 4.78 is 144. The molecular formula is C33H33BO2. The fourth-order valence-electron chi connectivity index (χ4n) is 4.32. The molecule has 36 heavy (non-hydrogen) atoms. The second-order valence-electron chi connectivity index (χ2n) is 11.1. The predicted octanol–water partition coefficient (Wildman–Crippen LogP) is 6.98. The van der Waals surface area contributed by atoms with E-state index in [2.05, 4.69) is 0 Å². The minimum atomic E-state index is -3.14. The predicted molar refractivity (Wildman–Crippen MR) is 152 cm³/mol. The van der Waals surface area contributed by atoms with Crippen LogP contribution in [0, 0.1) is 6.85 Å². The van der Waals surface area contributed by atoms with Crippen molar-refractivity contribution in [2.75, 3.05) is 0 Å². The van der Waals surface area contributed by atoms with Crippen molar-refractivity contribution >= 4 is 23.1 Å². The van der Waals surface area contributed by atoms with Crippen LogP contribution in [-0.4, -0.2) is 6.71 Å². The van der Waals surface area contributed by atoms with Crippen molar-refractivity contribution in [2.24, 2.45) is 0 Å². The van der Waals surface area contributed by atoms with Crippen molar-refractivity contribution in [1.82, 2.24) is 0 Å². The molecule has 2 heterocycles. The third kappa shape index (κ3) is 3.64. The maximum atomic E-state index is 9.44. The second kappa shape index (κ2) is 7.77. The zero-order valence-electron chi connectivity index (χ0n) is 35.9. The van der Waals surface area contributed by atoms with Crippen LogP contribution in [-0.2, 0) is 10.8 Å². The van der Waals surface area contributed by atoms with Gasteiger partial charge in [0, 0.05) is 9.58 Å². The average molecular weight is 488 g/mol. The van der Waals surface area contributed by atoms with E-state index in [-0.39, 0.29) is 63.2 Å². The Kier molecular flexibility index (Phi) is 2.53. The van der Waals surface area contributed by atoms with Gasteiger partial charge in [0.1, 0.15) is 23.0 Å². The number of hydrogen-bond acceptors (Lipinski definition) is 2. The summed E-state index contributed by atoms with van der Waals surface area (Å²) in [5.74, 6) is -1.40. The van der Waals surface area contributed by atoms with Crippen molar-refractivity contribution in [1.29, 1.82) is 0 Å². The molecule has 180 valence electrons. The van der Waals surface area contributed by atoms with Gasteiger partial charge in [0.05, 0.1) is 16.4 Å². The van der Waals surface area contributed by atoms with E-state index >= 15 is 0 Å². The maximum Gasteiger partial charge on any atom is 0.260 e. The van der Waals surface area contributed by atoms with Crippen molar-refractivity contribution in [3.8, 4) is 34.1 Å². The summed E-state index contributed by atoms with van der Waals surface area (Å²) in [6, 6.07) is -6.67. The third-order valence-corrected chi connectivity index (χ3v) is 6.29. The first-order valence-electron chi connectivity index (χ1n) is 19.2. The average Bonchev–Trinajstić information content (AvgIpc) is 2.99. The molecule has 0 amide bonds. The lowest BCUT2D eigenvalue weighted by molar-refractivity contribution is 0.464. The van der Waals surface area contributed by atoms with Gasteiger partial charge in [-0.15, -0.1) is 0 Å². The van der Waals surface area contributed by atoms with Gasteiger partial charge in [-0.3, -0.25) is 0 Å². The summed E-state index contributed by atoms with van der Waals surface area (Å²) in [5.41, 5.74) is -3.35. The van der Waals surface area contributed by atoms with E-state index in [0.717, 1.165) is 0 Å². The highest BCUT2D eigenvalue weighted by Gasteiger charge is 2.41. The molecule has 4 aromatic rings. The summed E-state index contributed by atoms with van der Waals surface area (Å²) in [6.07, 6.45) is 0. The highest BCUT2D eigenvalue weighted by atomic mass is 16.5. The molecule has 0 spiro atoms. The fraction of sp³-hybridized carbons (Fsp3) is 0.273. The summed E-state index contributed by atoms with van der Waals surface area (Å²) in [4.78, 5) is 0. The normalized spacial score (nSPS) is 20.1. The third-order valence-electron chi connectivity index (χ3n) is 6.29. The van der Waals surface area contributed by atoms with E-state index in [1.54, 1.807) is 41.5 Å². The largest absolute Gasteiger partial charge is 0.458 e. The first kappa shape index (κ1) is 11.7. The van der Waals surface area contributed by atoms with Gasteiger partial charge in [-0.2, -0.15) is 0 Å². The molecule has 0 atom stereocenters. The Hall–Kier alpha value is -3.46. The van der Waals surface area contributed by atoms with Crippen molar-refractivity contribution in [2.45, 2.75) is 59.2 Å². The maximum absolute atomic E-state index is 9.44. The standard InChI is InChI=1S/C33H33BO2/c1-20-10-8-9-11-24(20)21-16-29-31-30(17-21)36-28-15-13-23(33(5,6)7)19-26(28)34(31)25-18-22(32(2,3)4)12-14-27(25)35-29/h8-19H,1-7H3/i1D3,8D,9D,10D,11D,12D,13D,14D,15D,16D,17D,18D,19D. The van der Waals surface area contributed by atoms with E-state index in [1.807, 2.05) is 0 Å². The second-order valence-corrected chi connectivity index (χ2v) is 11.1. The summed E-state index contributed by atoms with van der Waals surface area (Å²) >= 11 is 0. The Labute approximate surface area is 236 Å². The lowest BCUT2D eigenvalue weighted by Gasteiger charge is -2.35. The first-order valence-corrected chi connectivity index (χ1v) is 11.7. The van der Waals surface area contributed by atoms with Crippen LogP contribution in [0.25, 0.3) is 11.1 Å². The molecule has 0 bridgehead atoms. The van der Waals surface area contributed by atoms with Crippen LogP contribution in [0.2, 0.25) is 0 Å². The molecule has 0 N–H and O–H groups in total. The SMILES string of the molecule is [2H]c1c([2H])c([2H])c(C([2H])([2H])[2H])c(-c2c([2H])c3c4c(c2[2H])Oc2c([2H])c([2H])c(C(C)(C)C)c([2H])c2B4c2c([2H])c(C(C)(C)C)c([2H])c([2H])c2O3)c1[2H]. The lowest BCUT2D eigenvalue weighted by Crippen LogP contribution is -2.57. The van der Waals surface area contributed by atoms with Gasteiger partial charge in [0.25, 0.3) is 6.71 Å². The zero-order chi connectivity index (χ0) is 38.3. The minimum Gasteiger partial charge on any atom is -0.458 e. The topological polar surface area (TPSA) is 18.5 Å². The van der Waals surface area contributed by atoms with Crippen LogP contribution in [0.3, 0.4) is 0 Å². The number of fused-ring (bicyclic) bond motifs is 4. The van der Waals surface area contributed by atoms with Gasteiger partial charge >= 0.3 is 0 Å². The smallest absolute Gasteiger partial charge is 0.260 e. The molecular weight excluding hydrogens is 439 g/mol. The molecule has 2 nitrogen and oxygen atoms in total. The Morgan fingerprint density at radius 2 is 1.19 bits per heavy atom. The zero-order valence-corrected chi connectivity index (χ0v) is 20.9. The molecule has 0 aliphatic carbocycles. The Balaban J connectivity index is 1.87. The molecule has 3 heteroatoms. The highest BCUT2D eigenvalue weighted by molar-refractivity contribution is 6.98. The first-order chi connectivity index (χ1) is 23.3. The highest BCUT2D eigenvalue weighted by Crippen LogP contribution is 2.40. The number of benzene rings is 4. The van der Waals surface area contributed by atoms with Crippen molar-refractivity contribution < 1.29 is 30.0 Å². The summed E-state index contributed by atoms with van der Waals surface area (Å²) in [7, 11) is 0. The van der Waals surface area contributed by atoms with E-state index in [4.69, 9.17) is 24.6 Å². The van der Waals surface area contributed by atoms with E-state index in [0.29, 0.717) is 0 Å². The minimum absolute atomic E-state index is 0.0288. The Morgan fingerprint density at radius 3 is 1.69 bits per heavy atom. The van der Waals surface area contributed by atoms with Crippen LogP contribution < -0.4 is 25.9 Å². The molecule has 4 aromatic carbocycles. The summed E-state index contributed by atoms with van der Waals surface area (Å²) in [6.45, 7) is 6.20. The quantitative estimate of drug-likeness (QED) is 0.233. The van der Waals surface area contributed by atoms with Gasteiger partial charge in [0.2, 0.25) is 0 Å². The lowest BCUT2D eigenvalue weighted by atomic mass is 9.34. The van der Waals surface area contributed by atoms with Crippen LogP contribution in [0.4, 0.5) is 0 Å². The van der Waals surface area contributed by atoms with E-state index in [9.17, 15) is 5.48 Å². The molecule has 0 saturated carbocycles. The molecule has 6 rings (SSSR count). The van der Waals surface area contributed by atoms with Crippen LogP contribution in [0.5, 0.6) is 23.0 Å². The van der Waals surface area contributed by atoms with E-state index < -0.39 is 101 Å². The van der Waals surface area contributed by atoms with Crippen molar-refractivity contribution in [3.63, 3.8) is 0 Å². The number of hydrogen-bond donors (Lipinski definition) is 0. The van der Waals surface area contributed by atoms with Gasteiger partial charge in [-0.1, -0.05) is 89.9 Å². The fourth-order valence-corrected chi connectivity index (χ4v) is 4.32. The van der Waals surface area contributed by atoms with Gasteiger partial charge in [0.15, 0.2) is 0 Å². The molecule has 0 unspecified atom stereocenters. The molecule has 0 radical (unpaired) electrons. The van der Waals surface area contributed by atoms with Crippen molar-refractivity contribution in [3.05, 3.63) is 89.2 Å². The van der Waals surface area contributed by atoms with E-state index in [1.165, 1.54) is 0 Å². The Morgan fingerprint density at radius 1 is 0.667 bits per heavy atom. The number of ether oxygens (including phenoxy) is 2. The number of rotatable bonds is 1. The molecule has 0 saturated heterocycles. The summed E-state index contributed by atoms with van der Waals surface area (Å²) in [5, 5.41) is 0. The monoisotopic (exact) mass is 487 g/mol. The van der Waals surface area contributed by atoms with Gasteiger partial charge in [-0.25, -0.2) is 0 Å². The molecule has 0 aromatic heterocycles. The van der Waals surface area contributed by atoms with Crippen LogP contribution in [0.15, 0.2) is 72.5 Å².